The van der Waals surface area contributed by atoms with Crippen LogP contribution in [0.4, 0.5) is 11.4 Å². The van der Waals surface area contributed by atoms with Gasteiger partial charge in [0.1, 0.15) is 5.69 Å². The minimum Gasteiger partial charge on any atom is -0.377 e. The summed E-state index contributed by atoms with van der Waals surface area (Å²) >= 11 is 0. The van der Waals surface area contributed by atoms with Gasteiger partial charge in [-0.3, -0.25) is 15.0 Å². The molecule has 1 saturated heterocycles. The summed E-state index contributed by atoms with van der Waals surface area (Å²) in [5, 5.41) is 23.4. The van der Waals surface area contributed by atoms with Crippen LogP contribution in [0, 0.1) is 21.4 Å². The fourth-order valence-corrected chi connectivity index (χ4v) is 3.21. The van der Waals surface area contributed by atoms with Crippen LogP contribution in [0.3, 0.4) is 0 Å². The van der Waals surface area contributed by atoms with Gasteiger partial charge >= 0.3 is 0 Å². The van der Waals surface area contributed by atoms with Gasteiger partial charge in [-0.1, -0.05) is 24.3 Å². The van der Waals surface area contributed by atoms with Crippen molar-refractivity contribution in [3.05, 3.63) is 69.8 Å². The second-order valence-corrected chi connectivity index (χ2v) is 6.28. The molecule has 1 aliphatic rings. The van der Waals surface area contributed by atoms with Gasteiger partial charge in [-0.15, -0.1) is 0 Å². The van der Waals surface area contributed by atoms with E-state index in [9.17, 15) is 10.1 Å². The first-order chi connectivity index (χ1) is 12.2. The molecule has 1 N–H and O–H groups in total. The van der Waals surface area contributed by atoms with Gasteiger partial charge in [-0.25, -0.2) is 0 Å². The molecule has 0 saturated carbocycles. The Hall–Kier alpha value is -2.91. The Kier molecular flexibility index (Phi) is 5.26. The Morgan fingerprint density at radius 3 is 2.68 bits per heavy atom. The fraction of sp³-hybridized carbons (Fsp3) is 0.316. The van der Waals surface area contributed by atoms with E-state index in [1.807, 2.05) is 30.3 Å². The molecule has 0 atom stereocenters. The van der Waals surface area contributed by atoms with Crippen LogP contribution in [-0.2, 0) is 6.54 Å². The van der Waals surface area contributed by atoms with Gasteiger partial charge in [-0.05, 0) is 36.6 Å². The van der Waals surface area contributed by atoms with E-state index in [-0.39, 0.29) is 16.7 Å². The molecular weight excluding hydrogens is 316 g/mol. The number of nitro groups is 1. The van der Waals surface area contributed by atoms with E-state index in [0.29, 0.717) is 11.3 Å². The number of nitriles is 1. The van der Waals surface area contributed by atoms with E-state index in [1.165, 1.54) is 6.07 Å². The second-order valence-electron chi connectivity index (χ2n) is 6.28. The van der Waals surface area contributed by atoms with Gasteiger partial charge in [0.05, 0.1) is 16.6 Å². The Balaban J connectivity index is 1.55. The average Bonchev–Trinajstić information content (AvgIpc) is 2.64. The molecule has 25 heavy (non-hydrogen) atoms. The zero-order valence-corrected chi connectivity index (χ0v) is 13.9. The van der Waals surface area contributed by atoms with Crippen molar-refractivity contribution in [1.29, 1.82) is 5.26 Å². The molecule has 1 heterocycles. The van der Waals surface area contributed by atoms with Gasteiger partial charge in [0.15, 0.2) is 0 Å². The fourth-order valence-electron chi connectivity index (χ4n) is 3.21. The third kappa shape index (κ3) is 4.34. The van der Waals surface area contributed by atoms with E-state index in [1.54, 1.807) is 12.1 Å². The lowest BCUT2D eigenvalue weighted by atomic mass is 10.0. The lowest BCUT2D eigenvalue weighted by Crippen LogP contribution is -2.38. The summed E-state index contributed by atoms with van der Waals surface area (Å²) in [6.07, 6.45) is 1.87. The SMILES string of the molecule is N#Cc1cccc(CN2CCC(Nc3ccccc3[N+](=O)[O-])CC2)c1. The Labute approximate surface area is 146 Å². The number of nitrogens with one attached hydrogen (secondary N) is 1. The van der Waals surface area contributed by atoms with Crippen LogP contribution in [0.1, 0.15) is 24.0 Å². The Morgan fingerprint density at radius 1 is 1.20 bits per heavy atom. The molecule has 2 aromatic carbocycles. The molecule has 0 unspecified atom stereocenters. The van der Waals surface area contributed by atoms with E-state index in [4.69, 9.17) is 5.26 Å². The van der Waals surface area contributed by atoms with Gasteiger partial charge < -0.3 is 5.32 Å². The van der Waals surface area contributed by atoms with Crippen molar-refractivity contribution >= 4 is 11.4 Å². The number of para-hydroxylation sites is 2. The molecule has 0 aliphatic carbocycles. The van der Waals surface area contributed by atoms with Crippen LogP contribution < -0.4 is 5.32 Å². The topological polar surface area (TPSA) is 82.2 Å². The van der Waals surface area contributed by atoms with E-state index in [0.717, 1.165) is 38.0 Å². The predicted molar refractivity (Wildman–Crippen MR) is 96.2 cm³/mol. The van der Waals surface area contributed by atoms with Crippen molar-refractivity contribution in [1.82, 2.24) is 4.90 Å². The number of hydrogen-bond donors (Lipinski definition) is 1. The molecule has 3 rings (SSSR count). The molecular formula is C19H20N4O2. The highest BCUT2D eigenvalue weighted by Gasteiger charge is 2.22. The molecule has 0 amide bonds. The van der Waals surface area contributed by atoms with Crippen LogP contribution >= 0.6 is 0 Å². The normalized spacial score (nSPS) is 15.5. The minimum absolute atomic E-state index is 0.123. The van der Waals surface area contributed by atoms with E-state index < -0.39 is 0 Å². The highest BCUT2D eigenvalue weighted by molar-refractivity contribution is 5.61. The summed E-state index contributed by atoms with van der Waals surface area (Å²) in [6, 6.07) is 16.9. The standard InChI is InChI=1S/C19H20N4O2/c20-13-15-4-3-5-16(12-15)14-22-10-8-17(9-11-22)21-18-6-1-2-7-19(18)23(24)25/h1-7,12,17,21H,8-11,14H2. The summed E-state index contributed by atoms with van der Waals surface area (Å²) in [6.45, 7) is 2.68. The summed E-state index contributed by atoms with van der Waals surface area (Å²) in [4.78, 5) is 13.1. The molecule has 128 valence electrons. The molecule has 6 nitrogen and oxygen atoms in total. The number of nitro benzene ring substituents is 1. The van der Waals surface area contributed by atoms with Crippen molar-refractivity contribution in [2.24, 2.45) is 0 Å². The van der Waals surface area contributed by atoms with Crippen molar-refractivity contribution in [3.8, 4) is 6.07 Å². The van der Waals surface area contributed by atoms with Gasteiger partial charge in [0.2, 0.25) is 0 Å². The van der Waals surface area contributed by atoms with Crippen molar-refractivity contribution in [3.63, 3.8) is 0 Å². The number of benzene rings is 2. The average molecular weight is 336 g/mol. The number of hydrogen-bond acceptors (Lipinski definition) is 5. The van der Waals surface area contributed by atoms with Gasteiger partial charge in [-0.2, -0.15) is 5.26 Å². The zero-order valence-electron chi connectivity index (χ0n) is 13.9. The molecule has 0 bridgehead atoms. The quantitative estimate of drug-likeness (QED) is 0.667. The first kappa shape index (κ1) is 16.9. The minimum atomic E-state index is -0.348. The predicted octanol–water partition coefficient (Wildman–Crippen LogP) is 3.54. The first-order valence-corrected chi connectivity index (χ1v) is 8.37. The summed E-state index contributed by atoms with van der Waals surface area (Å²) in [7, 11) is 0. The number of anilines is 1. The molecule has 0 aromatic heterocycles. The van der Waals surface area contributed by atoms with Crippen molar-refractivity contribution in [2.75, 3.05) is 18.4 Å². The van der Waals surface area contributed by atoms with E-state index >= 15 is 0 Å². The van der Waals surface area contributed by atoms with Crippen LogP contribution in [0.2, 0.25) is 0 Å². The lowest BCUT2D eigenvalue weighted by molar-refractivity contribution is -0.384. The maximum Gasteiger partial charge on any atom is 0.292 e. The third-order valence-electron chi connectivity index (χ3n) is 4.51. The number of rotatable bonds is 5. The van der Waals surface area contributed by atoms with Crippen LogP contribution in [0.25, 0.3) is 0 Å². The largest absolute Gasteiger partial charge is 0.377 e. The smallest absolute Gasteiger partial charge is 0.292 e. The maximum absolute atomic E-state index is 11.1. The lowest BCUT2D eigenvalue weighted by Gasteiger charge is -2.32. The van der Waals surface area contributed by atoms with E-state index in [2.05, 4.69) is 16.3 Å². The Morgan fingerprint density at radius 2 is 1.96 bits per heavy atom. The Bertz CT molecular complexity index is 792. The zero-order chi connectivity index (χ0) is 17.6. The summed E-state index contributed by atoms with van der Waals surface area (Å²) in [5.74, 6) is 0. The van der Waals surface area contributed by atoms with Gasteiger partial charge in [0, 0.05) is 31.7 Å². The summed E-state index contributed by atoms with van der Waals surface area (Å²) < 4.78 is 0. The highest BCUT2D eigenvalue weighted by atomic mass is 16.6. The van der Waals surface area contributed by atoms with Crippen LogP contribution in [0.5, 0.6) is 0 Å². The molecule has 0 radical (unpaired) electrons. The molecule has 1 fully saturated rings. The maximum atomic E-state index is 11.1. The number of piperidine rings is 1. The highest BCUT2D eigenvalue weighted by Crippen LogP contribution is 2.26. The molecule has 1 aliphatic heterocycles. The van der Waals surface area contributed by atoms with Crippen LogP contribution in [0.15, 0.2) is 48.5 Å². The molecule has 2 aromatic rings. The number of nitrogens with zero attached hydrogens (tertiary/aromatic N) is 3. The molecule has 0 spiro atoms. The van der Waals surface area contributed by atoms with Gasteiger partial charge in [0.25, 0.3) is 5.69 Å². The van der Waals surface area contributed by atoms with Crippen molar-refractivity contribution < 1.29 is 4.92 Å². The second kappa shape index (κ2) is 7.77. The number of likely N-dealkylation sites (tertiary alicyclic amines) is 1. The first-order valence-electron chi connectivity index (χ1n) is 8.37. The summed E-state index contributed by atoms with van der Waals surface area (Å²) in [5.41, 5.74) is 2.54. The van der Waals surface area contributed by atoms with Crippen molar-refractivity contribution in [2.45, 2.75) is 25.4 Å². The van der Waals surface area contributed by atoms with Crippen LogP contribution in [-0.4, -0.2) is 29.0 Å². The third-order valence-corrected chi connectivity index (χ3v) is 4.51. The monoisotopic (exact) mass is 336 g/mol. The molecule has 6 heteroatoms.